The van der Waals surface area contributed by atoms with E-state index in [2.05, 4.69) is 8.75 Å². The Morgan fingerprint density at radius 1 is 1.50 bits per heavy atom. The lowest BCUT2D eigenvalue weighted by Crippen LogP contribution is -1.90. The molecule has 0 saturated carbocycles. The van der Waals surface area contributed by atoms with Gasteiger partial charge in [-0.2, -0.15) is 14.0 Å². The van der Waals surface area contributed by atoms with E-state index >= 15 is 0 Å². The standard InChI is InChI=1S/C6H7N3S/c1-4(2)6-5(3-7)8-10-9-6/h4H,1-2H3. The summed E-state index contributed by atoms with van der Waals surface area (Å²) in [5.41, 5.74) is 1.28. The number of hydrogen-bond donors (Lipinski definition) is 0. The maximum Gasteiger partial charge on any atom is 0.177 e. The Bertz CT molecular complexity index is 258. The van der Waals surface area contributed by atoms with Crippen molar-refractivity contribution in [3.05, 3.63) is 11.4 Å². The van der Waals surface area contributed by atoms with Crippen molar-refractivity contribution in [3.63, 3.8) is 0 Å². The molecule has 0 amide bonds. The van der Waals surface area contributed by atoms with Crippen LogP contribution < -0.4 is 0 Å². The third-order valence-electron chi connectivity index (χ3n) is 1.17. The van der Waals surface area contributed by atoms with Crippen LogP contribution in [0.3, 0.4) is 0 Å². The van der Waals surface area contributed by atoms with Crippen molar-refractivity contribution in [3.8, 4) is 6.07 Å². The number of hydrogen-bond acceptors (Lipinski definition) is 4. The summed E-state index contributed by atoms with van der Waals surface area (Å²) in [7, 11) is 0. The Hall–Kier alpha value is -0.950. The van der Waals surface area contributed by atoms with Crippen molar-refractivity contribution in [2.45, 2.75) is 19.8 Å². The molecule has 1 rings (SSSR count). The molecule has 0 atom stereocenters. The van der Waals surface area contributed by atoms with Gasteiger partial charge in [-0.05, 0) is 5.92 Å². The highest BCUT2D eigenvalue weighted by Crippen LogP contribution is 2.15. The first-order valence-corrected chi connectivity index (χ1v) is 3.71. The van der Waals surface area contributed by atoms with Crippen LogP contribution in [0.25, 0.3) is 0 Å². The lowest BCUT2D eigenvalue weighted by atomic mass is 10.1. The van der Waals surface area contributed by atoms with Crippen LogP contribution in [0.2, 0.25) is 0 Å². The van der Waals surface area contributed by atoms with E-state index in [-0.39, 0.29) is 0 Å². The van der Waals surface area contributed by atoms with Gasteiger partial charge in [0.25, 0.3) is 0 Å². The molecule has 0 fully saturated rings. The summed E-state index contributed by atoms with van der Waals surface area (Å²) in [4.78, 5) is 0. The van der Waals surface area contributed by atoms with E-state index < -0.39 is 0 Å². The van der Waals surface area contributed by atoms with E-state index in [1.807, 2.05) is 19.9 Å². The second kappa shape index (κ2) is 2.76. The average molecular weight is 153 g/mol. The normalized spacial score (nSPS) is 9.80. The Kier molecular flexibility index (Phi) is 1.97. The minimum atomic E-state index is 0.299. The maximum atomic E-state index is 8.51. The first-order chi connectivity index (χ1) is 4.75. The van der Waals surface area contributed by atoms with Crippen molar-refractivity contribution < 1.29 is 0 Å². The van der Waals surface area contributed by atoms with Crippen LogP contribution in [0.4, 0.5) is 0 Å². The van der Waals surface area contributed by atoms with Gasteiger partial charge in [0.15, 0.2) is 5.69 Å². The largest absolute Gasteiger partial charge is 0.191 e. The molecule has 0 N–H and O–H groups in total. The zero-order valence-corrected chi connectivity index (χ0v) is 6.64. The molecule has 1 heterocycles. The molecule has 0 spiro atoms. The zero-order chi connectivity index (χ0) is 7.56. The number of nitrogens with zero attached hydrogens (tertiary/aromatic N) is 3. The lowest BCUT2D eigenvalue weighted by Gasteiger charge is -1.95. The minimum Gasteiger partial charge on any atom is -0.191 e. The van der Waals surface area contributed by atoms with Gasteiger partial charge in [-0.3, -0.25) is 0 Å². The van der Waals surface area contributed by atoms with Crippen LogP contribution in [0.1, 0.15) is 31.2 Å². The van der Waals surface area contributed by atoms with E-state index in [0.717, 1.165) is 17.4 Å². The summed E-state index contributed by atoms with van der Waals surface area (Å²) in [6.45, 7) is 4.00. The molecule has 4 heteroatoms. The summed E-state index contributed by atoms with van der Waals surface area (Å²) in [5, 5.41) is 8.51. The average Bonchev–Trinajstić information content (AvgIpc) is 2.33. The van der Waals surface area contributed by atoms with Gasteiger partial charge in [-0.1, -0.05) is 13.8 Å². The highest BCUT2D eigenvalue weighted by atomic mass is 32.1. The molecule has 10 heavy (non-hydrogen) atoms. The van der Waals surface area contributed by atoms with Gasteiger partial charge in [0.1, 0.15) is 6.07 Å². The fraction of sp³-hybridized carbons (Fsp3) is 0.500. The molecular weight excluding hydrogens is 146 g/mol. The summed E-state index contributed by atoms with van der Waals surface area (Å²) >= 11 is 1.10. The van der Waals surface area contributed by atoms with Crippen molar-refractivity contribution in [1.29, 1.82) is 5.26 Å². The maximum absolute atomic E-state index is 8.51. The van der Waals surface area contributed by atoms with Gasteiger partial charge in [-0.25, -0.2) is 0 Å². The van der Waals surface area contributed by atoms with Crippen molar-refractivity contribution >= 4 is 11.7 Å². The smallest absolute Gasteiger partial charge is 0.177 e. The third kappa shape index (κ3) is 1.14. The Morgan fingerprint density at radius 3 is 2.60 bits per heavy atom. The van der Waals surface area contributed by atoms with Gasteiger partial charge in [-0.15, -0.1) is 0 Å². The molecule has 0 unspecified atom stereocenters. The van der Waals surface area contributed by atoms with E-state index in [4.69, 9.17) is 5.26 Å². The number of rotatable bonds is 1. The predicted octanol–water partition coefficient (Wildman–Crippen LogP) is 1.53. The fourth-order valence-corrected chi connectivity index (χ4v) is 1.29. The highest BCUT2D eigenvalue weighted by Gasteiger charge is 2.09. The van der Waals surface area contributed by atoms with Crippen molar-refractivity contribution in [2.75, 3.05) is 0 Å². The second-order valence-corrected chi connectivity index (χ2v) is 2.79. The van der Waals surface area contributed by atoms with Gasteiger partial charge in [0, 0.05) is 0 Å². The van der Waals surface area contributed by atoms with Crippen molar-refractivity contribution in [1.82, 2.24) is 8.75 Å². The van der Waals surface area contributed by atoms with Crippen LogP contribution in [-0.4, -0.2) is 8.75 Å². The predicted molar refractivity (Wildman–Crippen MR) is 38.7 cm³/mol. The summed E-state index contributed by atoms with van der Waals surface area (Å²) < 4.78 is 7.82. The Labute approximate surface area is 63.6 Å². The van der Waals surface area contributed by atoms with Crippen LogP contribution >= 0.6 is 11.7 Å². The molecule has 1 aromatic heterocycles. The molecule has 0 saturated heterocycles. The van der Waals surface area contributed by atoms with Crippen LogP contribution in [-0.2, 0) is 0 Å². The molecule has 0 aliphatic carbocycles. The minimum absolute atomic E-state index is 0.299. The van der Waals surface area contributed by atoms with Gasteiger partial charge >= 0.3 is 0 Å². The highest BCUT2D eigenvalue weighted by molar-refractivity contribution is 6.99. The van der Waals surface area contributed by atoms with Gasteiger partial charge < -0.3 is 0 Å². The summed E-state index contributed by atoms with van der Waals surface area (Å²) in [6, 6.07) is 1.99. The monoisotopic (exact) mass is 153 g/mol. The summed E-state index contributed by atoms with van der Waals surface area (Å²) in [5.74, 6) is 0.299. The fourth-order valence-electron chi connectivity index (χ4n) is 0.652. The lowest BCUT2D eigenvalue weighted by molar-refractivity contribution is 0.833. The first kappa shape index (κ1) is 7.16. The molecule has 1 aromatic rings. The van der Waals surface area contributed by atoms with E-state index in [1.54, 1.807) is 0 Å². The molecule has 0 aromatic carbocycles. The molecule has 0 bridgehead atoms. The van der Waals surface area contributed by atoms with Crippen LogP contribution in [0.5, 0.6) is 0 Å². The number of nitriles is 1. The molecule has 0 aliphatic heterocycles. The molecular formula is C6H7N3S. The molecule has 0 radical (unpaired) electrons. The molecule has 0 aliphatic rings. The zero-order valence-electron chi connectivity index (χ0n) is 5.83. The Balaban J connectivity index is 3.05. The van der Waals surface area contributed by atoms with Crippen LogP contribution in [0, 0.1) is 11.3 Å². The summed E-state index contributed by atoms with van der Waals surface area (Å²) in [6.07, 6.45) is 0. The van der Waals surface area contributed by atoms with E-state index in [9.17, 15) is 0 Å². The van der Waals surface area contributed by atoms with Crippen molar-refractivity contribution in [2.24, 2.45) is 0 Å². The Morgan fingerprint density at radius 2 is 2.20 bits per heavy atom. The van der Waals surface area contributed by atoms with Crippen LogP contribution in [0.15, 0.2) is 0 Å². The SMILES string of the molecule is CC(C)c1nsnc1C#N. The topological polar surface area (TPSA) is 49.6 Å². The molecule has 52 valence electrons. The van der Waals surface area contributed by atoms with Gasteiger partial charge in [0.05, 0.1) is 17.4 Å². The van der Waals surface area contributed by atoms with Gasteiger partial charge in [0.2, 0.25) is 0 Å². The number of aromatic nitrogens is 2. The quantitative estimate of drug-likeness (QED) is 0.614. The van der Waals surface area contributed by atoms with E-state index in [0.29, 0.717) is 11.6 Å². The third-order valence-corrected chi connectivity index (χ3v) is 1.71. The second-order valence-electron chi connectivity index (χ2n) is 2.26. The first-order valence-electron chi connectivity index (χ1n) is 2.98. The van der Waals surface area contributed by atoms with E-state index in [1.165, 1.54) is 0 Å². The molecule has 3 nitrogen and oxygen atoms in total.